The highest BCUT2D eigenvalue weighted by Gasteiger charge is 2.28. The Hall–Kier alpha value is -1.45. The summed E-state index contributed by atoms with van der Waals surface area (Å²) >= 11 is 0. The van der Waals surface area contributed by atoms with E-state index < -0.39 is 0 Å². The molecule has 0 aromatic carbocycles. The van der Waals surface area contributed by atoms with Crippen LogP contribution in [0.15, 0.2) is 6.20 Å². The maximum atomic E-state index is 10.5. The molecular formula is C12H16N2O2. The monoisotopic (exact) mass is 220 g/mol. The summed E-state index contributed by atoms with van der Waals surface area (Å²) in [5.41, 5.74) is 1.94. The molecule has 1 heterocycles. The van der Waals surface area contributed by atoms with Crippen molar-refractivity contribution in [2.24, 2.45) is 0 Å². The van der Waals surface area contributed by atoms with Crippen molar-refractivity contribution in [2.45, 2.75) is 45.1 Å². The number of aldehydes is 1. The van der Waals surface area contributed by atoms with Crippen molar-refractivity contribution in [2.75, 3.05) is 0 Å². The van der Waals surface area contributed by atoms with E-state index in [1.807, 2.05) is 13.8 Å². The molecule has 2 rings (SSSR count). The Balaban J connectivity index is 2.24. The van der Waals surface area contributed by atoms with E-state index in [4.69, 9.17) is 4.74 Å². The highest BCUT2D eigenvalue weighted by atomic mass is 16.5. The smallest absolute Gasteiger partial charge is 0.316 e. The number of rotatable bonds is 5. The number of nitrogens with zero attached hydrogens (tertiary/aromatic N) is 2. The lowest BCUT2D eigenvalue weighted by Crippen LogP contribution is -2.10. The molecule has 1 aliphatic rings. The normalized spacial score (nSPS) is 15.2. The number of hydrogen-bond donors (Lipinski definition) is 0. The van der Waals surface area contributed by atoms with Gasteiger partial charge in [0.05, 0.1) is 11.8 Å². The molecule has 1 aromatic heterocycles. The maximum Gasteiger partial charge on any atom is 0.316 e. The van der Waals surface area contributed by atoms with Gasteiger partial charge in [-0.05, 0) is 32.3 Å². The lowest BCUT2D eigenvalue weighted by atomic mass is 10.1. The lowest BCUT2D eigenvalue weighted by Gasteiger charge is -2.10. The van der Waals surface area contributed by atoms with Crippen LogP contribution in [0, 0.1) is 0 Å². The molecule has 0 radical (unpaired) electrons. The molecule has 1 aromatic rings. The highest BCUT2D eigenvalue weighted by molar-refractivity contribution is 5.55. The minimum absolute atomic E-state index is 0.0731. The van der Waals surface area contributed by atoms with Crippen molar-refractivity contribution in [3.8, 4) is 6.01 Å². The third kappa shape index (κ3) is 2.56. The van der Waals surface area contributed by atoms with Crippen molar-refractivity contribution in [3.05, 3.63) is 17.5 Å². The molecule has 4 heteroatoms. The van der Waals surface area contributed by atoms with E-state index in [9.17, 15) is 4.79 Å². The molecule has 1 aliphatic carbocycles. The number of carbonyl (C=O) groups is 1. The molecule has 4 nitrogen and oxygen atoms in total. The lowest BCUT2D eigenvalue weighted by molar-refractivity contribution is -0.107. The second kappa shape index (κ2) is 4.60. The van der Waals surface area contributed by atoms with Gasteiger partial charge in [-0.2, -0.15) is 4.98 Å². The Labute approximate surface area is 95.1 Å². The van der Waals surface area contributed by atoms with E-state index in [-0.39, 0.29) is 6.10 Å². The maximum absolute atomic E-state index is 10.5. The van der Waals surface area contributed by atoms with Crippen LogP contribution in [0.25, 0.3) is 0 Å². The molecule has 86 valence electrons. The van der Waals surface area contributed by atoms with E-state index in [1.165, 1.54) is 0 Å². The Morgan fingerprint density at radius 1 is 1.56 bits per heavy atom. The zero-order valence-electron chi connectivity index (χ0n) is 9.64. The van der Waals surface area contributed by atoms with Crippen LogP contribution in [0.3, 0.4) is 0 Å². The van der Waals surface area contributed by atoms with Gasteiger partial charge in [-0.25, -0.2) is 4.98 Å². The van der Waals surface area contributed by atoms with Crippen LogP contribution in [-0.4, -0.2) is 22.4 Å². The van der Waals surface area contributed by atoms with Crippen molar-refractivity contribution < 1.29 is 9.53 Å². The summed E-state index contributed by atoms with van der Waals surface area (Å²) < 4.78 is 5.46. The van der Waals surface area contributed by atoms with Gasteiger partial charge in [-0.1, -0.05) is 0 Å². The molecule has 0 N–H and O–H groups in total. The zero-order chi connectivity index (χ0) is 11.5. The van der Waals surface area contributed by atoms with Crippen LogP contribution in [0.5, 0.6) is 6.01 Å². The number of hydrogen-bond acceptors (Lipinski definition) is 4. The second-order valence-electron chi connectivity index (χ2n) is 4.37. The van der Waals surface area contributed by atoms with E-state index in [1.54, 1.807) is 6.20 Å². The van der Waals surface area contributed by atoms with Crippen LogP contribution in [0.2, 0.25) is 0 Å². The highest BCUT2D eigenvalue weighted by Crippen LogP contribution is 2.40. The minimum Gasteiger partial charge on any atom is -0.461 e. The van der Waals surface area contributed by atoms with Crippen molar-refractivity contribution in [3.63, 3.8) is 0 Å². The molecule has 0 amide bonds. The van der Waals surface area contributed by atoms with Crippen molar-refractivity contribution >= 4 is 6.29 Å². The average Bonchev–Trinajstić information content (AvgIpc) is 3.03. The number of ether oxygens (including phenoxy) is 1. The Morgan fingerprint density at radius 2 is 2.31 bits per heavy atom. The van der Waals surface area contributed by atoms with Crippen molar-refractivity contribution in [1.82, 2.24) is 9.97 Å². The largest absolute Gasteiger partial charge is 0.461 e. The van der Waals surface area contributed by atoms with E-state index in [2.05, 4.69) is 9.97 Å². The zero-order valence-corrected chi connectivity index (χ0v) is 9.64. The molecule has 16 heavy (non-hydrogen) atoms. The topological polar surface area (TPSA) is 52.1 Å². The molecule has 0 aliphatic heterocycles. The molecule has 0 spiro atoms. The summed E-state index contributed by atoms with van der Waals surface area (Å²) in [7, 11) is 0. The van der Waals surface area contributed by atoms with E-state index in [0.29, 0.717) is 18.3 Å². The number of aromatic nitrogens is 2. The first-order valence-corrected chi connectivity index (χ1v) is 5.66. The first-order chi connectivity index (χ1) is 7.70. The molecule has 0 saturated heterocycles. The van der Waals surface area contributed by atoms with Gasteiger partial charge in [-0.15, -0.1) is 0 Å². The first-order valence-electron chi connectivity index (χ1n) is 5.66. The molecule has 1 saturated carbocycles. The van der Waals surface area contributed by atoms with Gasteiger partial charge in [0.25, 0.3) is 0 Å². The van der Waals surface area contributed by atoms with Gasteiger partial charge < -0.3 is 9.53 Å². The van der Waals surface area contributed by atoms with Gasteiger partial charge in [0.15, 0.2) is 0 Å². The predicted octanol–water partition coefficient (Wildman–Crippen LogP) is 1.88. The van der Waals surface area contributed by atoms with Gasteiger partial charge in [0.1, 0.15) is 6.29 Å². The summed E-state index contributed by atoms with van der Waals surface area (Å²) in [6.07, 6.45) is 5.39. The SMILES string of the molecule is CC(C)Oc1ncc(CC=O)c(C2CC2)n1. The van der Waals surface area contributed by atoms with Crippen LogP contribution >= 0.6 is 0 Å². The fourth-order valence-electron chi connectivity index (χ4n) is 1.63. The summed E-state index contributed by atoms with van der Waals surface area (Å²) in [4.78, 5) is 19.1. The Bertz CT molecular complexity index is 387. The predicted molar refractivity (Wildman–Crippen MR) is 59.5 cm³/mol. The molecular weight excluding hydrogens is 204 g/mol. The van der Waals surface area contributed by atoms with Crippen LogP contribution in [0.1, 0.15) is 43.9 Å². The van der Waals surface area contributed by atoms with Gasteiger partial charge >= 0.3 is 6.01 Å². The first kappa shape index (κ1) is 11.0. The van der Waals surface area contributed by atoms with Crippen LogP contribution in [-0.2, 0) is 11.2 Å². The molecule has 0 unspecified atom stereocenters. The van der Waals surface area contributed by atoms with Gasteiger partial charge in [0, 0.05) is 18.5 Å². The minimum atomic E-state index is 0.0731. The van der Waals surface area contributed by atoms with E-state index in [0.717, 1.165) is 30.4 Å². The summed E-state index contributed by atoms with van der Waals surface area (Å²) in [5, 5.41) is 0. The van der Waals surface area contributed by atoms with Gasteiger partial charge in [0.2, 0.25) is 0 Å². The molecule has 0 bridgehead atoms. The Morgan fingerprint density at radius 3 is 2.88 bits per heavy atom. The molecule has 1 fully saturated rings. The van der Waals surface area contributed by atoms with Crippen LogP contribution < -0.4 is 4.74 Å². The third-order valence-corrected chi connectivity index (χ3v) is 2.48. The fraction of sp³-hybridized carbons (Fsp3) is 0.583. The standard InChI is InChI=1S/C12H16N2O2/c1-8(2)16-12-13-7-10(5-6-15)11(14-12)9-3-4-9/h6-9H,3-5H2,1-2H3. The number of carbonyl (C=O) groups excluding carboxylic acids is 1. The van der Waals surface area contributed by atoms with Crippen molar-refractivity contribution in [1.29, 1.82) is 0 Å². The quantitative estimate of drug-likeness (QED) is 0.711. The molecule has 0 atom stereocenters. The van der Waals surface area contributed by atoms with Crippen LogP contribution in [0.4, 0.5) is 0 Å². The third-order valence-electron chi connectivity index (χ3n) is 2.48. The summed E-state index contributed by atoms with van der Waals surface area (Å²) in [6, 6.07) is 0.423. The fourth-order valence-corrected chi connectivity index (χ4v) is 1.63. The second-order valence-corrected chi connectivity index (χ2v) is 4.37. The summed E-state index contributed by atoms with van der Waals surface area (Å²) in [5.74, 6) is 0.507. The van der Waals surface area contributed by atoms with Gasteiger partial charge in [-0.3, -0.25) is 0 Å². The Kier molecular flexibility index (Phi) is 3.17. The average molecular weight is 220 g/mol. The van der Waals surface area contributed by atoms with E-state index >= 15 is 0 Å². The summed E-state index contributed by atoms with van der Waals surface area (Å²) in [6.45, 7) is 3.89.